The minimum Gasteiger partial charge on any atom is -0.352 e. The van der Waals surface area contributed by atoms with E-state index < -0.39 is 16.7 Å². The lowest BCUT2D eigenvalue weighted by molar-refractivity contribution is -0.384. The van der Waals surface area contributed by atoms with Crippen molar-refractivity contribution in [2.45, 2.75) is 19.3 Å². The number of carbonyl (C=O) groups is 1. The lowest BCUT2D eigenvalue weighted by Gasteiger charge is -2.15. The molecule has 32 heavy (non-hydrogen) atoms. The molecule has 0 aliphatic rings. The molecule has 0 aromatic heterocycles. The molecule has 2 N–H and O–H groups in total. The lowest BCUT2D eigenvalue weighted by atomic mass is 10.1. The van der Waals surface area contributed by atoms with Crippen molar-refractivity contribution in [1.29, 1.82) is 0 Å². The molecular formula is C20H23F3IN5O3. The minimum atomic E-state index is -4.45. The van der Waals surface area contributed by atoms with Crippen molar-refractivity contribution in [2.75, 3.05) is 20.6 Å². The summed E-state index contributed by atoms with van der Waals surface area (Å²) < 4.78 is 38.7. The van der Waals surface area contributed by atoms with E-state index in [4.69, 9.17) is 0 Å². The number of likely N-dealkylation sites (N-methyl/N-ethyl adjacent to an activating group) is 1. The van der Waals surface area contributed by atoms with Crippen LogP contribution in [0.1, 0.15) is 16.7 Å². The van der Waals surface area contributed by atoms with E-state index in [2.05, 4.69) is 15.6 Å². The molecule has 8 nitrogen and oxygen atoms in total. The number of carbonyl (C=O) groups excluding carboxylic acids is 1. The fraction of sp³-hybridized carbons (Fsp3) is 0.300. The van der Waals surface area contributed by atoms with Crippen molar-refractivity contribution in [3.63, 3.8) is 0 Å². The summed E-state index contributed by atoms with van der Waals surface area (Å²) in [5.74, 6) is -0.00475. The zero-order chi connectivity index (χ0) is 23.0. The number of hydrogen-bond acceptors (Lipinski definition) is 4. The fourth-order valence-electron chi connectivity index (χ4n) is 2.43. The van der Waals surface area contributed by atoms with Gasteiger partial charge in [0.25, 0.3) is 5.69 Å². The first-order chi connectivity index (χ1) is 14.6. The number of amides is 1. The topological polar surface area (TPSA) is 99.9 Å². The number of nitro benzene ring substituents is 1. The number of alkyl halides is 3. The third-order valence-electron chi connectivity index (χ3n) is 4.19. The highest BCUT2D eigenvalue weighted by Gasteiger charge is 2.30. The van der Waals surface area contributed by atoms with Crippen LogP contribution in [0.2, 0.25) is 0 Å². The summed E-state index contributed by atoms with van der Waals surface area (Å²) in [6.45, 7) is 0.125. The predicted molar refractivity (Wildman–Crippen MR) is 125 cm³/mol. The Balaban J connectivity index is 0.00000512. The second-order valence-corrected chi connectivity index (χ2v) is 6.78. The monoisotopic (exact) mass is 565 g/mol. The highest BCUT2D eigenvalue weighted by Crippen LogP contribution is 2.29. The van der Waals surface area contributed by atoms with Crippen molar-refractivity contribution < 1.29 is 22.9 Å². The van der Waals surface area contributed by atoms with E-state index >= 15 is 0 Å². The van der Waals surface area contributed by atoms with Gasteiger partial charge in [-0.1, -0.05) is 24.3 Å². The van der Waals surface area contributed by atoms with E-state index in [-0.39, 0.29) is 61.2 Å². The Hall–Kier alpha value is -2.90. The van der Waals surface area contributed by atoms with Crippen molar-refractivity contribution in [1.82, 2.24) is 15.5 Å². The standard InChI is InChI=1S/C20H22F3N5O3.HI/c1-27(2)18(29)13-26-19(24-11-14-6-8-17(9-7-14)28(30)31)25-12-15-4-3-5-16(10-15)20(21,22)23;/h3-10H,11-13H2,1-2H3,(H2,24,25,26);1H. The van der Waals surface area contributed by atoms with Crippen LogP contribution in [0.15, 0.2) is 53.5 Å². The molecule has 12 heteroatoms. The maximum absolute atomic E-state index is 12.9. The number of hydrogen-bond donors (Lipinski definition) is 2. The SMILES string of the molecule is CN(C)C(=O)CNC(=NCc1cccc(C(F)(F)F)c1)NCc1ccc([N+](=O)[O-])cc1.I. The van der Waals surface area contributed by atoms with Crippen molar-refractivity contribution in [2.24, 2.45) is 4.99 Å². The van der Waals surface area contributed by atoms with Gasteiger partial charge in [-0.05, 0) is 23.3 Å². The Kier molecular flexibility index (Phi) is 10.4. The van der Waals surface area contributed by atoms with Crippen molar-refractivity contribution in [3.05, 3.63) is 75.3 Å². The molecule has 0 bridgehead atoms. The summed E-state index contributed by atoms with van der Waals surface area (Å²) >= 11 is 0. The highest BCUT2D eigenvalue weighted by molar-refractivity contribution is 14.0. The molecule has 0 radical (unpaired) electrons. The van der Waals surface area contributed by atoms with Crippen LogP contribution in [0.4, 0.5) is 18.9 Å². The average Bonchev–Trinajstić information content (AvgIpc) is 2.72. The number of nitro groups is 1. The number of nitrogens with one attached hydrogen (secondary N) is 2. The normalized spacial score (nSPS) is 11.3. The van der Waals surface area contributed by atoms with E-state index in [1.807, 2.05) is 0 Å². The quantitative estimate of drug-likeness (QED) is 0.176. The number of aliphatic imine (C=N–C) groups is 1. The summed E-state index contributed by atoms with van der Waals surface area (Å²) in [6.07, 6.45) is -4.45. The second-order valence-electron chi connectivity index (χ2n) is 6.78. The van der Waals surface area contributed by atoms with Crippen LogP contribution in [0, 0.1) is 10.1 Å². The van der Waals surface area contributed by atoms with Gasteiger partial charge in [0.1, 0.15) is 0 Å². The third-order valence-corrected chi connectivity index (χ3v) is 4.19. The van der Waals surface area contributed by atoms with E-state index in [1.54, 1.807) is 26.2 Å². The Morgan fingerprint density at radius 3 is 2.31 bits per heavy atom. The van der Waals surface area contributed by atoms with Gasteiger partial charge in [0.2, 0.25) is 5.91 Å². The zero-order valence-electron chi connectivity index (χ0n) is 17.3. The van der Waals surface area contributed by atoms with E-state index in [9.17, 15) is 28.1 Å². The van der Waals surface area contributed by atoms with Gasteiger partial charge < -0.3 is 15.5 Å². The van der Waals surface area contributed by atoms with Crippen LogP contribution in [-0.2, 0) is 24.1 Å². The molecule has 0 spiro atoms. The largest absolute Gasteiger partial charge is 0.416 e. The summed E-state index contributed by atoms with van der Waals surface area (Å²) in [5, 5.41) is 16.5. The first kappa shape index (κ1) is 27.1. The first-order valence-electron chi connectivity index (χ1n) is 9.18. The fourth-order valence-corrected chi connectivity index (χ4v) is 2.43. The van der Waals surface area contributed by atoms with E-state index in [0.717, 1.165) is 17.7 Å². The number of benzene rings is 2. The van der Waals surface area contributed by atoms with Gasteiger partial charge in [-0.3, -0.25) is 14.9 Å². The zero-order valence-corrected chi connectivity index (χ0v) is 19.7. The number of nitrogens with zero attached hydrogens (tertiary/aromatic N) is 3. The maximum Gasteiger partial charge on any atom is 0.416 e. The number of rotatable bonds is 7. The van der Waals surface area contributed by atoms with Gasteiger partial charge in [-0.25, -0.2) is 4.99 Å². The maximum atomic E-state index is 12.9. The molecule has 2 rings (SSSR count). The molecule has 0 heterocycles. The van der Waals surface area contributed by atoms with Crippen LogP contribution < -0.4 is 10.6 Å². The van der Waals surface area contributed by atoms with E-state index in [0.29, 0.717) is 5.56 Å². The summed E-state index contributed by atoms with van der Waals surface area (Å²) in [7, 11) is 3.18. The van der Waals surface area contributed by atoms with Crippen LogP contribution in [0.3, 0.4) is 0 Å². The van der Waals surface area contributed by atoms with Gasteiger partial charge in [0.05, 0.1) is 23.6 Å². The molecule has 2 aromatic rings. The van der Waals surface area contributed by atoms with Gasteiger partial charge in [0, 0.05) is 32.8 Å². The average molecular weight is 565 g/mol. The lowest BCUT2D eigenvalue weighted by Crippen LogP contribution is -2.42. The van der Waals surface area contributed by atoms with Crippen LogP contribution in [-0.4, -0.2) is 42.3 Å². The molecule has 0 fully saturated rings. The molecule has 174 valence electrons. The molecule has 2 aromatic carbocycles. The Labute approximate surface area is 200 Å². The summed E-state index contributed by atoms with van der Waals surface area (Å²) in [6, 6.07) is 10.7. The smallest absolute Gasteiger partial charge is 0.352 e. The van der Waals surface area contributed by atoms with Crippen LogP contribution >= 0.6 is 24.0 Å². The van der Waals surface area contributed by atoms with Gasteiger partial charge in [-0.2, -0.15) is 13.2 Å². The Morgan fingerprint density at radius 1 is 1.09 bits per heavy atom. The minimum absolute atomic E-state index is 0. The third kappa shape index (κ3) is 8.69. The first-order valence-corrected chi connectivity index (χ1v) is 9.18. The molecule has 0 atom stereocenters. The molecule has 0 aliphatic heterocycles. The van der Waals surface area contributed by atoms with Gasteiger partial charge >= 0.3 is 6.18 Å². The molecule has 0 aliphatic carbocycles. The summed E-state index contributed by atoms with van der Waals surface area (Å²) in [5.41, 5.74) is 0.261. The van der Waals surface area contributed by atoms with E-state index in [1.165, 1.54) is 29.2 Å². The second kappa shape index (κ2) is 12.2. The molecular weight excluding hydrogens is 542 g/mol. The predicted octanol–water partition coefficient (Wildman–Crippen LogP) is 3.56. The number of non-ortho nitro benzene ring substituents is 1. The Morgan fingerprint density at radius 2 is 1.75 bits per heavy atom. The number of guanidine groups is 1. The summed E-state index contributed by atoms with van der Waals surface area (Å²) in [4.78, 5) is 27.7. The molecule has 0 saturated carbocycles. The Bertz CT molecular complexity index is 950. The molecule has 1 amide bonds. The number of halogens is 4. The molecule has 0 saturated heterocycles. The highest BCUT2D eigenvalue weighted by atomic mass is 127. The van der Waals surface area contributed by atoms with Crippen molar-refractivity contribution in [3.8, 4) is 0 Å². The van der Waals surface area contributed by atoms with Crippen LogP contribution in [0.5, 0.6) is 0 Å². The van der Waals surface area contributed by atoms with Gasteiger partial charge in [0.15, 0.2) is 5.96 Å². The van der Waals surface area contributed by atoms with Gasteiger partial charge in [-0.15, -0.1) is 24.0 Å². The van der Waals surface area contributed by atoms with Crippen molar-refractivity contribution >= 4 is 41.5 Å². The molecule has 0 unspecified atom stereocenters. The van der Waals surface area contributed by atoms with Crippen LogP contribution in [0.25, 0.3) is 0 Å².